The van der Waals surface area contributed by atoms with Gasteiger partial charge in [-0.15, -0.1) is 11.3 Å². The van der Waals surface area contributed by atoms with Crippen molar-refractivity contribution in [2.24, 2.45) is 0 Å². The summed E-state index contributed by atoms with van der Waals surface area (Å²) >= 11 is 1.69. The second kappa shape index (κ2) is 8.85. The molecule has 0 N–H and O–H groups in total. The van der Waals surface area contributed by atoms with Gasteiger partial charge in [-0.3, -0.25) is 9.59 Å². The van der Waals surface area contributed by atoms with Gasteiger partial charge in [0.05, 0.1) is 13.5 Å². The lowest BCUT2D eigenvalue weighted by Crippen LogP contribution is -2.51. The number of amides is 2. The number of benzene rings is 1. The average molecular weight is 372 g/mol. The summed E-state index contributed by atoms with van der Waals surface area (Å²) in [4.78, 5) is 29.8. The van der Waals surface area contributed by atoms with Crippen LogP contribution in [0.4, 0.5) is 0 Å². The van der Waals surface area contributed by atoms with Gasteiger partial charge in [0.15, 0.2) is 0 Å². The molecule has 0 unspecified atom stereocenters. The normalized spacial score (nSPS) is 14.3. The molecule has 0 saturated carbocycles. The summed E-state index contributed by atoms with van der Waals surface area (Å²) < 4.78 is 5.20. The molecule has 0 aliphatic carbocycles. The zero-order valence-corrected chi connectivity index (χ0v) is 15.8. The highest BCUT2D eigenvalue weighted by molar-refractivity contribution is 7.09. The van der Waals surface area contributed by atoms with Gasteiger partial charge in [0.1, 0.15) is 5.75 Å². The van der Waals surface area contributed by atoms with Crippen LogP contribution < -0.4 is 4.74 Å². The van der Waals surface area contributed by atoms with Gasteiger partial charge in [0.25, 0.3) is 0 Å². The maximum absolute atomic E-state index is 12.5. The first-order chi connectivity index (χ1) is 12.7. The van der Waals surface area contributed by atoms with E-state index in [9.17, 15) is 9.59 Å². The molecule has 0 spiro atoms. The van der Waals surface area contributed by atoms with E-state index in [0.29, 0.717) is 39.0 Å². The first kappa shape index (κ1) is 18.5. The number of aryl methyl sites for hydroxylation is 1. The Bertz CT molecular complexity index is 737. The third kappa shape index (κ3) is 4.85. The topological polar surface area (TPSA) is 49.9 Å². The van der Waals surface area contributed by atoms with Gasteiger partial charge < -0.3 is 14.5 Å². The highest BCUT2D eigenvalue weighted by Gasteiger charge is 2.24. The molecule has 1 aliphatic heterocycles. The van der Waals surface area contributed by atoms with Gasteiger partial charge in [0, 0.05) is 37.5 Å². The van der Waals surface area contributed by atoms with Gasteiger partial charge in [-0.25, -0.2) is 0 Å². The van der Waals surface area contributed by atoms with Crippen LogP contribution in [0.2, 0.25) is 0 Å². The molecule has 6 heteroatoms. The van der Waals surface area contributed by atoms with Crippen LogP contribution in [-0.2, 0) is 22.4 Å². The van der Waals surface area contributed by atoms with Gasteiger partial charge >= 0.3 is 0 Å². The summed E-state index contributed by atoms with van der Waals surface area (Å²) in [6.45, 7) is 2.45. The molecule has 2 heterocycles. The van der Waals surface area contributed by atoms with Crippen molar-refractivity contribution in [3.63, 3.8) is 0 Å². The number of methoxy groups -OCH3 is 1. The highest BCUT2D eigenvalue weighted by atomic mass is 32.1. The third-order valence-electron chi connectivity index (χ3n) is 4.64. The summed E-state index contributed by atoms with van der Waals surface area (Å²) in [5.41, 5.74) is 0.948. The van der Waals surface area contributed by atoms with Crippen molar-refractivity contribution in [2.75, 3.05) is 33.3 Å². The van der Waals surface area contributed by atoms with E-state index in [1.807, 2.05) is 45.5 Å². The smallest absolute Gasteiger partial charge is 0.227 e. The maximum Gasteiger partial charge on any atom is 0.227 e. The summed E-state index contributed by atoms with van der Waals surface area (Å²) in [7, 11) is 1.62. The van der Waals surface area contributed by atoms with Gasteiger partial charge in [0.2, 0.25) is 11.8 Å². The Morgan fingerprint density at radius 3 is 2.42 bits per heavy atom. The molecule has 1 fully saturated rings. The zero-order valence-electron chi connectivity index (χ0n) is 15.0. The monoisotopic (exact) mass is 372 g/mol. The summed E-state index contributed by atoms with van der Waals surface area (Å²) in [5, 5.41) is 2.03. The fourth-order valence-electron chi connectivity index (χ4n) is 3.12. The number of nitrogens with zero attached hydrogens (tertiary/aromatic N) is 2. The molecular weight excluding hydrogens is 348 g/mol. The predicted molar refractivity (Wildman–Crippen MR) is 102 cm³/mol. The molecule has 0 atom stereocenters. The van der Waals surface area contributed by atoms with Crippen LogP contribution in [0.25, 0.3) is 0 Å². The van der Waals surface area contributed by atoms with Crippen molar-refractivity contribution < 1.29 is 14.3 Å². The summed E-state index contributed by atoms with van der Waals surface area (Å²) in [5.74, 6) is 1.04. The number of carbonyl (C=O) groups is 2. The van der Waals surface area contributed by atoms with Crippen molar-refractivity contribution >= 4 is 23.2 Å². The summed E-state index contributed by atoms with van der Waals surface area (Å²) in [6.07, 6.45) is 1.70. The molecule has 1 saturated heterocycles. The zero-order chi connectivity index (χ0) is 18.4. The van der Waals surface area contributed by atoms with Crippen molar-refractivity contribution in [3.8, 4) is 5.75 Å². The molecule has 2 aromatic rings. The van der Waals surface area contributed by atoms with Crippen molar-refractivity contribution in [3.05, 3.63) is 52.2 Å². The van der Waals surface area contributed by atoms with Gasteiger partial charge in [-0.2, -0.15) is 0 Å². The molecule has 1 aromatic heterocycles. The lowest BCUT2D eigenvalue weighted by molar-refractivity contribution is -0.139. The molecule has 138 valence electrons. The van der Waals surface area contributed by atoms with Crippen molar-refractivity contribution in [2.45, 2.75) is 19.3 Å². The number of hydrogen-bond acceptors (Lipinski definition) is 4. The number of carbonyl (C=O) groups excluding carboxylic acids is 2. The van der Waals surface area contributed by atoms with Crippen LogP contribution in [0.15, 0.2) is 41.8 Å². The van der Waals surface area contributed by atoms with E-state index in [-0.39, 0.29) is 11.8 Å². The van der Waals surface area contributed by atoms with E-state index in [4.69, 9.17) is 4.74 Å². The first-order valence-electron chi connectivity index (χ1n) is 8.86. The van der Waals surface area contributed by atoms with E-state index in [2.05, 4.69) is 6.07 Å². The molecule has 0 radical (unpaired) electrons. The number of hydrogen-bond donors (Lipinski definition) is 0. The fraction of sp³-hybridized carbons (Fsp3) is 0.400. The Morgan fingerprint density at radius 2 is 1.77 bits per heavy atom. The Hall–Kier alpha value is -2.34. The van der Waals surface area contributed by atoms with Crippen LogP contribution in [0.5, 0.6) is 5.75 Å². The van der Waals surface area contributed by atoms with Crippen molar-refractivity contribution in [1.82, 2.24) is 9.80 Å². The molecule has 5 nitrogen and oxygen atoms in total. The minimum Gasteiger partial charge on any atom is -0.497 e. The predicted octanol–water partition coefficient (Wildman–Crippen LogP) is 2.60. The summed E-state index contributed by atoms with van der Waals surface area (Å²) in [6, 6.07) is 11.7. The molecule has 1 aliphatic rings. The lowest BCUT2D eigenvalue weighted by atomic mass is 10.1. The third-order valence-corrected chi connectivity index (χ3v) is 5.58. The number of ether oxygens (including phenoxy) is 1. The Labute approximate surface area is 158 Å². The molecular formula is C20H24N2O3S. The van der Waals surface area contributed by atoms with Crippen LogP contribution in [0.3, 0.4) is 0 Å². The minimum absolute atomic E-state index is 0.101. The molecule has 1 aromatic carbocycles. The maximum atomic E-state index is 12.5. The van der Waals surface area contributed by atoms with Gasteiger partial charge in [-0.1, -0.05) is 18.2 Å². The van der Waals surface area contributed by atoms with E-state index in [0.717, 1.165) is 17.7 Å². The quantitative estimate of drug-likeness (QED) is 0.783. The van der Waals surface area contributed by atoms with Gasteiger partial charge in [-0.05, 0) is 35.6 Å². The highest BCUT2D eigenvalue weighted by Crippen LogP contribution is 2.15. The van der Waals surface area contributed by atoms with E-state index in [1.54, 1.807) is 18.4 Å². The van der Waals surface area contributed by atoms with Crippen LogP contribution in [0.1, 0.15) is 16.9 Å². The van der Waals surface area contributed by atoms with E-state index >= 15 is 0 Å². The minimum atomic E-state index is 0.101. The molecule has 3 rings (SSSR count). The second-order valence-electron chi connectivity index (χ2n) is 6.37. The number of rotatable bonds is 6. The molecule has 2 amide bonds. The van der Waals surface area contributed by atoms with Crippen molar-refractivity contribution in [1.29, 1.82) is 0 Å². The standard InChI is InChI=1S/C20H24N2O3S/c1-25-17-5-2-4-16(14-17)15-20(24)22-11-9-21(10-12-22)19(23)8-7-18-6-3-13-26-18/h2-6,13-14H,7-12,15H2,1H3. The number of piperazine rings is 1. The SMILES string of the molecule is COc1cccc(CC(=O)N2CCN(C(=O)CCc3cccs3)CC2)c1. The largest absolute Gasteiger partial charge is 0.497 e. The van der Waals surface area contributed by atoms with E-state index in [1.165, 1.54) is 4.88 Å². The fourth-order valence-corrected chi connectivity index (χ4v) is 3.83. The lowest BCUT2D eigenvalue weighted by Gasteiger charge is -2.35. The first-order valence-corrected chi connectivity index (χ1v) is 9.74. The second-order valence-corrected chi connectivity index (χ2v) is 7.40. The average Bonchev–Trinajstić information content (AvgIpc) is 3.20. The number of thiophene rings is 1. The molecule has 26 heavy (non-hydrogen) atoms. The van der Waals surface area contributed by atoms with E-state index < -0.39 is 0 Å². The van der Waals surface area contributed by atoms with Crippen LogP contribution in [-0.4, -0.2) is 54.9 Å². The Morgan fingerprint density at radius 1 is 1.04 bits per heavy atom. The molecule has 0 bridgehead atoms. The van der Waals surface area contributed by atoms with Crippen LogP contribution in [0, 0.1) is 0 Å². The Kier molecular flexibility index (Phi) is 6.28. The Balaban J connectivity index is 1.45. The van der Waals surface area contributed by atoms with Crippen LogP contribution >= 0.6 is 11.3 Å².